The molecule has 0 fully saturated rings. The number of carbonyl (C=O) groups is 2. The van der Waals surface area contributed by atoms with Crippen molar-refractivity contribution in [2.45, 2.75) is 250 Å². The van der Waals surface area contributed by atoms with Crippen LogP contribution in [0.4, 0.5) is 0 Å². The molecule has 1 aromatic rings. The zero-order valence-corrected chi connectivity index (χ0v) is 43.6. The van der Waals surface area contributed by atoms with E-state index in [1.165, 1.54) is 179 Å². The fourth-order valence-corrected chi connectivity index (χ4v) is 8.40. The maximum Gasteiger partial charge on any atom is 1.00 e. The van der Waals surface area contributed by atoms with Gasteiger partial charge in [0.1, 0.15) is 10.1 Å². The van der Waals surface area contributed by atoms with Crippen molar-refractivity contribution >= 4 is 22.1 Å². The molecule has 0 amide bonds. The second-order valence-electron chi connectivity index (χ2n) is 17.1. The normalized spacial score (nSPS) is 11.7. The van der Waals surface area contributed by atoms with E-state index in [0.29, 0.717) is 12.8 Å². The number of benzene rings is 1. The van der Waals surface area contributed by atoms with Crippen molar-refractivity contribution in [1.29, 1.82) is 0 Å². The van der Waals surface area contributed by atoms with Crippen molar-refractivity contribution in [1.82, 2.24) is 0 Å². The third-order valence-corrected chi connectivity index (χ3v) is 12.4. The second kappa shape index (κ2) is 44.4. The average Bonchev–Trinajstić information content (AvgIpc) is 3.24. The number of ether oxygens (including phenoxy) is 2. The molecule has 0 spiro atoms. The molecule has 0 bridgehead atoms. The molecular formula is C52H89KO7S. The molecule has 346 valence electrons. The van der Waals surface area contributed by atoms with Crippen LogP contribution in [0, 0.1) is 0 Å². The van der Waals surface area contributed by atoms with Crippen molar-refractivity contribution < 1.29 is 83.4 Å². The Morgan fingerprint density at radius 2 is 0.754 bits per heavy atom. The fourth-order valence-electron chi connectivity index (χ4n) is 7.71. The van der Waals surface area contributed by atoms with E-state index in [2.05, 4.69) is 38.2 Å². The molecule has 1 aromatic carbocycles. The zero-order valence-electron chi connectivity index (χ0n) is 39.7. The fraction of sp³-hybridized carbons (Fsp3) is 0.769. The molecule has 0 heterocycles. The van der Waals surface area contributed by atoms with Crippen LogP contribution in [0.3, 0.4) is 0 Å². The Morgan fingerprint density at radius 1 is 0.459 bits per heavy atom. The van der Waals surface area contributed by atoms with Crippen molar-refractivity contribution in [2.75, 3.05) is 13.2 Å². The summed E-state index contributed by atoms with van der Waals surface area (Å²) in [7, 11) is -5.02. The molecule has 0 radical (unpaired) electrons. The first-order valence-corrected chi connectivity index (χ1v) is 26.5. The number of allylic oxidation sites excluding steroid dienone is 4. The van der Waals surface area contributed by atoms with Gasteiger partial charge in [-0.15, -0.1) is 0 Å². The Balaban J connectivity index is 0.0000360. The smallest absolute Gasteiger partial charge is 0.744 e. The molecule has 0 N–H and O–H groups in total. The van der Waals surface area contributed by atoms with Gasteiger partial charge in [-0.3, -0.25) is 0 Å². The number of rotatable bonds is 43. The molecule has 0 aliphatic carbocycles. The van der Waals surface area contributed by atoms with Crippen LogP contribution in [0.1, 0.15) is 266 Å². The number of hydrogen-bond donors (Lipinski definition) is 0. The van der Waals surface area contributed by atoms with E-state index in [0.717, 1.165) is 57.4 Å². The molecule has 0 saturated carbocycles. The number of carbonyl (C=O) groups excluding carboxylic acids is 2. The van der Waals surface area contributed by atoms with Crippen LogP contribution in [-0.2, 0) is 19.6 Å². The molecule has 0 saturated heterocycles. The standard InChI is InChI=1S/C52H90O7S.K/c1-3-5-7-9-11-13-15-17-19-21-23-25-27-29-31-33-35-37-39-41-46-58-51(53)48-44-43-45-49(60(55,56)57)50(48)52(54)59-47-42-40-38-36-34-32-30-28-26-24-22-20-18-16-14-12-10-8-6-4-2;/h23-26,43-45H,3-22,27-42,46-47H2,1-2H3,(H,55,56,57);/q;+1/p-1/b25-23+,26-24+;. The molecule has 9 heteroatoms. The van der Waals surface area contributed by atoms with Gasteiger partial charge in [0.15, 0.2) is 0 Å². The summed E-state index contributed by atoms with van der Waals surface area (Å²) in [5.41, 5.74) is -0.782. The predicted molar refractivity (Wildman–Crippen MR) is 251 cm³/mol. The van der Waals surface area contributed by atoms with E-state index in [1.807, 2.05) is 0 Å². The molecule has 0 aliphatic rings. The summed E-state index contributed by atoms with van der Waals surface area (Å²) < 4.78 is 46.9. The summed E-state index contributed by atoms with van der Waals surface area (Å²) in [6, 6.07) is 3.63. The monoisotopic (exact) mass is 897 g/mol. The van der Waals surface area contributed by atoms with E-state index in [9.17, 15) is 22.6 Å². The first-order valence-electron chi connectivity index (χ1n) is 25.1. The van der Waals surface area contributed by atoms with E-state index in [-0.39, 0.29) is 70.2 Å². The summed E-state index contributed by atoms with van der Waals surface area (Å²) in [6.07, 6.45) is 53.3. The maximum atomic E-state index is 13.1. The topological polar surface area (TPSA) is 110 Å². The zero-order chi connectivity index (χ0) is 43.6. The first-order chi connectivity index (χ1) is 29.3. The van der Waals surface area contributed by atoms with Crippen molar-refractivity contribution in [3.8, 4) is 0 Å². The van der Waals surface area contributed by atoms with Gasteiger partial charge in [-0.1, -0.05) is 211 Å². The minimum absolute atomic E-state index is 0. The molecule has 0 aromatic heterocycles. The van der Waals surface area contributed by atoms with Gasteiger partial charge in [0.2, 0.25) is 0 Å². The molecular weight excluding hydrogens is 808 g/mol. The molecule has 0 aliphatic heterocycles. The third-order valence-electron chi connectivity index (χ3n) is 11.5. The van der Waals surface area contributed by atoms with E-state index >= 15 is 0 Å². The molecule has 0 unspecified atom stereocenters. The Labute approximate surface area is 418 Å². The summed E-state index contributed by atoms with van der Waals surface area (Å²) in [5, 5.41) is 0. The van der Waals surface area contributed by atoms with Crippen LogP contribution < -0.4 is 51.4 Å². The Morgan fingerprint density at radius 3 is 1.08 bits per heavy atom. The van der Waals surface area contributed by atoms with Crippen LogP contribution in [0.2, 0.25) is 0 Å². The Hall–Kier alpha value is -0.814. The number of unbranched alkanes of at least 4 members (excludes halogenated alkanes) is 32. The quantitative estimate of drug-likeness (QED) is 0.0211. The van der Waals surface area contributed by atoms with Crippen LogP contribution in [-0.4, -0.2) is 38.1 Å². The average molecular weight is 897 g/mol. The Kier molecular flexibility index (Phi) is 43.8. The van der Waals surface area contributed by atoms with Gasteiger partial charge in [0.05, 0.1) is 29.2 Å². The summed E-state index contributed by atoms with van der Waals surface area (Å²) in [6.45, 7) is 4.77. The van der Waals surface area contributed by atoms with E-state index in [4.69, 9.17) is 9.47 Å². The van der Waals surface area contributed by atoms with Crippen LogP contribution >= 0.6 is 0 Å². The number of esters is 2. The van der Waals surface area contributed by atoms with Gasteiger partial charge in [-0.25, -0.2) is 18.0 Å². The summed E-state index contributed by atoms with van der Waals surface area (Å²) >= 11 is 0. The van der Waals surface area contributed by atoms with E-state index in [1.54, 1.807) is 0 Å². The Bertz CT molecular complexity index is 1340. The van der Waals surface area contributed by atoms with Crippen molar-refractivity contribution in [2.24, 2.45) is 0 Å². The molecule has 7 nitrogen and oxygen atoms in total. The molecule has 61 heavy (non-hydrogen) atoms. The minimum Gasteiger partial charge on any atom is -0.744 e. The van der Waals surface area contributed by atoms with Gasteiger partial charge < -0.3 is 14.0 Å². The van der Waals surface area contributed by atoms with Gasteiger partial charge in [-0.2, -0.15) is 0 Å². The van der Waals surface area contributed by atoms with Crippen LogP contribution in [0.25, 0.3) is 0 Å². The van der Waals surface area contributed by atoms with Gasteiger partial charge in [0.25, 0.3) is 0 Å². The minimum atomic E-state index is -5.02. The molecule has 0 atom stereocenters. The van der Waals surface area contributed by atoms with E-state index < -0.39 is 32.5 Å². The van der Waals surface area contributed by atoms with Gasteiger partial charge >= 0.3 is 63.3 Å². The largest absolute Gasteiger partial charge is 1.00 e. The van der Waals surface area contributed by atoms with Crippen molar-refractivity contribution in [3.63, 3.8) is 0 Å². The second-order valence-corrected chi connectivity index (χ2v) is 18.5. The van der Waals surface area contributed by atoms with Gasteiger partial charge in [0, 0.05) is 0 Å². The SMILES string of the molecule is CCCCCCCCCCC/C=C/CCCCCCCCCOC(=O)c1cccc(S(=O)(=O)[O-])c1C(=O)OCCCCCCCCC/C=C/CCCCCCCCCCC.[K+]. The predicted octanol–water partition coefficient (Wildman–Crippen LogP) is 13.1. The maximum absolute atomic E-state index is 13.1. The van der Waals surface area contributed by atoms with Gasteiger partial charge in [-0.05, 0) is 76.3 Å². The third kappa shape index (κ3) is 36.1. The summed E-state index contributed by atoms with van der Waals surface area (Å²) in [4.78, 5) is 25.3. The molecule has 1 rings (SSSR count). The van der Waals surface area contributed by atoms with Crippen LogP contribution in [0.5, 0.6) is 0 Å². The first kappa shape index (κ1) is 60.2. The van der Waals surface area contributed by atoms with Crippen LogP contribution in [0.15, 0.2) is 47.4 Å². The number of hydrogen-bond acceptors (Lipinski definition) is 7. The van der Waals surface area contributed by atoms with Crippen molar-refractivity contribution in [3.05, 3.63) is 53.6 Å². The summed E-state index contributed by atoms with van der Waals surface area (Å²) in [5.74, 6) is -1.82.